The average molecular weight is 183 g/mol. The molecule has 0 aliphatic heterocycles. The van der Waals surface area contributed by atoms with Crippen molar-refractivity contribution in [2.24, 2.45) is 0 Å². The van der Waals surface area contributed by atoms with Gasteiger partial charge in [0.25, 0.3) is 0 Å². The van der Waals surface area contributed by atoms with Crippen LogP contribution in [-0.4, -0.2) is 22.4 Å². The van der Waals surface area contributed by atoms with Crippen molar-refractivity contribution in [2.45, 2.75) is 13.0 Å². The van der Waals surface area contributed by atoms with Gasteiger partial charge in [-0.3, -0.25) is 0 Å². The molecule has 4 N–H and O–H groups in total. The first kappa shape index (κ1) is 9.67. The van der Waals surface area contributed by atoms with Gasteiger partial charge in [0, 0.05) is 17.7 Å². The third kappa shape index (κ3) is 1.84. The van der Waals surface area contributed by atoms with Crippen molar-refractivity contribution < 1.29 is 15.3 Å². The van der Waals surface area contributed by atoms with E-state index in [1.807, 2.05) is 6.92 Å². The Bertz CT molecular complexity index is 312. The van der Waals surface area contributed by atoms with Gasteiger partial charge in [0.1, 0.15) is 5.75 Å². The number of phenols is 3. The summed E-state index contributed by atoms with van der Waals surface area (Å²) in [6.07, 6.45) is 0. The number of aromatic hydroxyl groups is 3. The van der Waals surface area contributed by atoms with Crippen LogP contribution in [0, 0.1) is 0 Å². The van der Waals surface area contributed by atoms with Gasteiger partial charge < -0.3 is 20.6 Å². The highest BCUT2D eigenvalue weighted by molar-refractivity contribution is 5.49. The van der Waals surface area contributed by atoms with Crippen LogP contribution in [0.2, 0.25) is 0 Å². The number of rotatable bonds is 2. The molecule has 72 valence electrons. The highest BCUT2D eigenvalue weighted by Gasteiger charge is 2.11. The maximum absolute atomic E-state index is 9.41. The largest absolute Gasteiger partial charge is 0.507 e. The van der Waals surface area contributed by atoms with Gasteiger partial charge in [0.2, 0.25) is 0 Å². The summed E-state index contributed by atoms with van der Waals surface area (Å²) in [5.74, 6) is -0.573. The quantitative estimate of drug-likeness (QED) is 0.409. The molecule has 0 aromatic heterocycles. The molecule has 4 nitrogen and oxygen atoms in total. The minimum absolute atomic E-state index is 0.0304. The Kier molecular flexibility index (Phi) is 2.63. The molecule has 1 aromatic carbocycles. The van der Waals surface area contributed by atoms with Crippen LogP contribution < -0.4 is 5.32 Å². The van der Waals surface area contributed by atoms with E-state index in [-0.39, 0.29) is 23.3 Å². The molecular formula is C9H13NO3. The van der Waals surface area contributed by atoms with Crippen molar-refractivity contribution in [3.8, 4) is 17.2 Å². The molecule has 0 saturated carbocycles. The van der Waals surface area contributed by atoms with Crippen LogP contribution >= 0.6 is 0 Å². The SMILES string of the molecule is CN[C@H](C)c1cc(O)c(O)cc1O. The third-order valence-electron chi connectivity index (χ3n) is 2.02. The highest BCUT2D eigenvalue weighted by atomic mass is 16.3. The zero-order valence-electron chi connectivity index (χ0n) is 7.57. The van der Waals surface area contributed by atoms with Gasteiger partial charge in [0.05, 0.1) is 0 Å². The Labute approximate surface area is 76.5 Å². The molecule has 1 aromatic rings. The number of benzene rings is 1. The molecular weight excluding hydrogens is 170 g/mol. The Morgan fingerprint density at radius 2 is 1.62 bits per heavy atom. The lowest BCUT2D eigenvalue weighted by Crippen LogP contribution is -2.12. The maximum Gasteiger partial charge on any atom is 0.161 e. The van der Waals surface area contributed by atoms with E-state index in [1.54, 1.807) is 7.05 Å². The van der Waals surface area contributed by atoms with E-state index >= 15 is 0 Å². The molecule has 0 saturated heterocycles. The van der Waals surface area contributed by atoms with Crippen molar-refractivity contribution >= 4 is 0 Å². The first-order chi connectivity index (χ1) is 6.06. The number of hydrogen-bond acceptors (Lipinski definition) is 4. The van der Waals surface area contributed by atoms with Crippen molar-refractivity contribution in [1.29, 1.82) is 0 Å². The Hall–Kier alpha value is -1.42. The summed E-state index contributed by atoms with van der Waals surface area (Å²) in [5, 5.41) is 30.6. The minimum Gasteiger partial charge on any atom is -0.507 e. The zero-order chi connectivity index (χ0) is 10.0. The predicted octanol–water partition coefficient (Wildman–Crippen LogP) is 1.08. The van der Waals surface area contributed by atoms with E-state index in [9.17, 15) is 10.2 Å². The van der Waals surface area contributed by atoms with E-state index < -0.39 is 0 Å². The number of phenolic OH excluding ortho intramolecular Hbond substituents is 3. The normalized spacial score (nSPS) is 12.8. The van der Waals surface area contributed by atoms with Crippen LogP contribution in [0.1, 0.15) is 18.5 Å². The van der Waals surface area contributed by atoms with Gasteiger partial charge in [-0.2, -0.15) is 0 Å². The van der Waals surface area contributed by atoms with Crippen molar-refractivity contribution in [3.63, 3.8) is 0 Å². The van der Waals surface area contributed by atoms with Crippen molar-refractivity contribution in [2.75, 3.05) is 7.05 Å². The van der Waals surface area contributed by atoms with E-state index in [0.717, 1.165) is 6.07 Å². The lowest BCUT2D eigenvalue weighted by molar-refractivity contribution is 0.392. The fourth-order valence-electron chi connectivity index (χ4n) is 1.08. The van der Waals surface area contributed by atoms with Crippen LogP contribution in [0.15, 0.2) is 12.1 Å². The Morgan fingerprint density at radius 1 is 1.08 bits per heavy atom. The maximum atomic E-state index is 9.41. The molecule has 0 heterocycles. The van der Waals surface area contributed by atoms with Gasteiger partial charge >= 0.3 is 0 Å². The van der Waals surface area contributed by atoms with E-state index in [0.29, 0.717) is 5.56 Å². The summed E-state index contributed by atoms with van der Waals surface area (Å²) in [6.45, 7) is 1.84. The lowest BCUT2D eigenvalue weighted by Gasteiger charge is -2.13. The van der Waals surface area contributed by atoms with Crippen molar-refractivity contribution in [1.82, 2.24) is 5.32 Å². The summed E-state index contributed by atoms with van der Waals surface area (Å²) in [5.41, 5.74) is 0.554. The number of hydrogen-bond donors (Lipinski definition) is 4. The van der Waals surface area contributed by atoms with Crippen LogP contribution in [0.4, 0.5) is 0 Å². The van der Waals surface area contributed by atoms with Crippen LogP contribution in [0.5, 0.6) is 17.2 Å². The molecule has 0 fully saturated rings. The molecule has 4 heteroatoms. The van der Waals surface area contributed by atoms with E-state index in [1.165, 1.54) is 6.07 Å². The second-order valence-corrected chi connectivity index (χ2v) is 2.91. The van der Waals surface area contributed by atoms with Crippen LogP contribution in [-0.2, 0) is 0 Å². The van der Waals surface area contributed by atoms with E-state index in [4.69, 9.17) is 5.11 Å². The lowest BCUT2D eigenvalue weighted by atomic mass is 10.1. The topological polar surface area (TPSA) is 72.7 Å². The predicted molar refractivity (Wildman–Crippen MR) is 48.9 cm³/mol. The average Bonchev–Trinajstić information content (AvgIpc) is 2.10. The monoisotopic (exact) mass is 183 g/mol. The minimum atomic E-state index is -0.315. The van der Waals surface area contributed by atoms with Gasteiger partial charge in [-0.15, -0.1) is 0 Å². The molecule has 0 spiro atoms. The first-order valence-corrected chi connectivity index (χ1v) is 3.98. The fourth-order valence-corrected chi connectivity index (χ4v) is 1.08. The molecule has 13 heavy (non-hydrogen) atoms. The molecule has 0 radical (unpaired) electrons. The summed E-state index contributed by atoms with van der Waals surface area (Å²) < 4.78 is 0. The van der Waals surface area contributed by atoms with Gasteiger partial charge in [-0.25, -0.2) is 0 Å². The fraction of sp³-hybridized carbons (Fsp3) is 0.333. The van der Waals surface area contributed by atoms with Gasteiger partial charge in [-0.05, 0) is 20.0 Å². The Balaban J connectivity index is 3.15. The van der Waals surface area contributed by atoms with E-state index in [2.05, 4.69) is 5.32 Å². The second-order valence-electron chi connectivity index (χ2n) is 2.91. The highest BCUT2D eigenvalue weighted by Crippen LogP contribution is 2.34. The number of nitrogens with one attached hydrogen (secondary N) is 1. The molecule has 0 bridgehead atoms. The molecule has 1 atom stereocenters. The molecule has 0 amide bonds. The summed E-state index contributed by atoms with van der Waals surface area (Å²) >= 11 is 0. The second kappa shape index (κ2) is 3.53. The van der Waals surface area contributed by atoms with Crippen LogP contribution in [0.3, 0.4) is 0 Å². The van der Waals surface area contributed by atoms with Crippen molar-refractivity contribution in [3.05, 3.63) is 17.7 Å². The first-order valence-electron chi connectivity index (χ1n) is 3.98. The molecule has 1 rings (SSSR count). The van der Waals surface area contributed by atoms with Crippen LogP contribution in [0.25, 0.3) is 0 Å². The van der Waals surface area contributed by atoms with Gasteiger partial charge in [0.15, 0.2) is 11.5 Å². The Morgan fingerprint density at radius 3 is 2.15 bits per heavy atom. The zero-order valence-corrected chi connectivity index (χ0v) is 7.57. The summed E-state index contributed by atoms with van der Waals surface area (Å²) in [4.78, 5) is 0. The molecule has 0 aliphatic rings. The standard InChI is InChI=1S/C9H13NO3/c1-5(10-2)6-3-8(12)9(13)4-7(6)11/h3-5,10-13H,1-2H3/t5-/m1/s1. The van der Waals surface area contributed by atoms with Gasteiger partial charge in [-0.1, -0.05) is 0 Å². The smallest absolute Gasteiger partial charge is 0.161 e. The summed E-state index contributed by atoms with van der Waals surface area (Å²) in [6, 6.07) is 2.39. The molecule has 0 aliphatic carbocycles. The third-order valence-corrected chi connectivity index (χ3v) is 2.02. The summed E-state index contributed by atoms with van der Waals surface area (Å²) in [7, 11) is 1.74. The molecule has 0 unspecified atom stereocenters.